The predicted molar refractivity (Wildman–Crippen MR) is 114 cm³/mol. The van der Waals surface area contributed by atoms with E-state index in [9.17, 15) is 4.79 Å². The van der Waals surface area contributed by atoms with E-state index < -0.39 is 6.09 Å². The second kappa shape index (κ2) is 8.29. The minimum atomic E-state index is -0.579. The second-order valence-corrected chi connectivity index (χ2v) is 7.27. The molecule has 4 rings (SSSR count). The minimum Gasteiger partial charge on any atom is -0.406 e. The molecule has 0 aliphatic carbocycles. The van der Waals surface area contributed by atoms with Crippen molar-refractivity contribution in [1.82, 2.24) is 30.0 Å². The van der Waals surface area contributed by atoms with Crippen molar-refractivity contribution in [2.24, 2.45) is 7.05 Å². The lowest BCUT2D eigenvalue weighted by Gasteiger charge is -2.15. The van der Waals surface area contributed by atoms with Crippen molar-refractivity contribution in [2.75, 3.05) is 13.7 Å². The molecule has 0 unspecified atom stereocenters. The zero-order valence-corrected chi connectivity index (χ0v) is 17.5. The normalized spacial score (nSPS) is 12.4. The van der Waals surface area contributed by atoms with Gasteiger partial charge >= 0.3 is 6.09 Å². The summed E-state index contributed by atoms with van der Waals surface area (Å²) in [6, 6.07) is 5.41. The molecular weight excluding hydrogens is 408 g/mol. The molecule has 1 atom stereocenters. The highest BCUT2D eigenvalue weighted by molar-refractivity contribution is 6.31. The van der Waals surface area contributed by atoms with Gasteiger partial charge in [-0.1, -0.05) is 18.5 Å². The number of rotatable bonds is 6. The lowest BCUT2D eigenvalue weighted by molar-refractivity contribution is 0.153. The van der Waals surface area contributed by atoms with Gasteiger partial charge < -0.3 is 19.8 Å². The Morgan fingerprint density at radius 2 is 2.23 bits per heavy atom. The monoisotopic (exact) mass is 428 g/mol. The lowest BCUT2D eigenvalue weighted by Crippen LogP contribution is -2.39. The van der Waals surface area contributed by atoms with Crippen LogP contribution in [-0.2, 0) is 11.8 Å². The molecule has 3 heterocycles. The van der Waals surface area contributed by atoms with Gasteiger partial charge in [0.25, 0.3) is 0 Å². The van der Waals surface area contributed by atoms with Gasteiger partial charge in [-0.05, 0) is 24.6 Å². The topological polar surface area (TPSA) is 107 Å². The molecule has 0 spiro atoms. The van der Waals surface area contributed by atoms with Gasteiger partial charge in [-0.2, -0.15) is 5.10 Å². The Hall–Kier alpha value is -3.17. The number of benzene rings is 1. The third kappa shape index (κ3) is 3.81. The van der Waals surface area contributed by atoms with Crippen LogP contribution in [0.15, 0.2) is 30.6 Å². The Morgan fingerprint density at radius 3 is 3.00 bits per heavy atom. The third-order valence-electron chi connectivity index (χ3n) is 4.79. The summed E-state index contributed by atoms with van der Waals surface area (Å²) < 4.78 is 12.3. The van der Waals surface area contributed by atoms with Crippen molar-refractivity contribution >= 4 is 39.8 Å². The molecule has 2 N–H and O–H groups in total. The summed E-state index contributed by atoms with van der Waals surface area (Å²) in [7, 11) is 3.43. The van der Waals surface area contributed by atoms with Crippen LogP contribution in [0.1, 0.15) is 13.3 Å². The number of aryl methyl sites for hydroxylation is 1. The maximum Gasteiger partial charge on any atom is 0.413 e. The largest absolute Gasteiger partial charge is 0.413 e. The molecular formula is C20H21ClN6O3. The number of hydrogen-bond donors (Lipinski definition) is 2. The highest BCUT2D eigenvalue weighted by atomic mass is 35.5. The number of hydrogen-bond acceptors (Lipinski definition) is 6. The molecule has 156 valence electrons. The minimum absolute atomic E-state index is 0.138. The second-order valence-electron chi connectivity index (χ2n) is 6.83. The first-order valence-corrected chi connectivity index (χ1v) is 9.82. The van der Waals surface area contributed by atoms with Gasteiger partial charge in [-0.15, -0.1) is 0 Å². The molecule has 0 radical (unpaired) electrons. The molecule has 0 saturated carbocycles. The molecule has 10 heteroatoms. The number of amides is 1. The van der Waals surface area contributed by atoms with Crippen LogP contribution < -0.4 is 10.1 Å². The van der Waals surface area contributed by atoms with Crippen molar-refractivity contribution in [3.8, 4) is 17.1 Å². The van der Waals surface area contributed by atoms with Crippen molar-refractivity contribution in [2.45, 2.75) is 19.4 Å². The Morgan fingerprint density at radius 1 is 1.40 bits per heavy atom. The number of carbonyl (C=O) groups excluding carboxylic acids is 1. The fourth-order valence-electron chi connectivity index (χ4n) is 3.24. The van der Waals surface area contributed by atoms with Crippen LogP contribution in [0.4, 0.5) is 4.79 Å². The average molecular weight is 429 g/mol. The van der Waals surface area contributed by atoms with Crippen molar-refractivity contribution in [3.05, 3.63) is 35.6 Å². The van der Waals surface area contributed by atoms with Gasteiger partial charge in [-0.3, -0.25) is 4.68 Å². The van der Waals surface area contributed by atoms with Crippen molar-refractivity contribution in [1.29, 1.82) is 0 Å². The summed E-state index contributed by atoms with van der Waals surface area (Å²) in [5.74, 6) is 0.285. The summed E-state index contributed by atoms with van der Waals surface area (Å²) >= 11 is 6.11. The molecule has 1 aromatic carbocycles. The molecule has 0 saturated heterocycles. The Labute approximate surface area is 177 Å². The van der Waals surface area contributed by atoms with Crippen LogP contribution in [0.3, 0.4) is 0 Å². The third-order valence-corrected chi connectivity index (χ3v) is 5.02. The number of ether oxygens (including phenoxy) is 2. The summed E-state index contributed by atoms with van der Waals surface area (Å²) in [5, 5.41) is 8.87. The summed E-state index contributed by atoms with van der Waals surface area (Å²) in [4.78, 5) is 24.3. The standard InChI is InChI=1S/C20H21ClN6O3/c1-4-12(10-29-3)24-20(28)30-16-9-23-19-18(16)25-14(8-22-19)17-13-6-5-11(21)7-15(13)27(2)26-17/h5-9,12H,4,10H2,1-3H3,(H,22,23)(H,24,28)/t12-/m1/s1. The molecule has 0 aliphatic heterocycles. The Balaban J connectivity index is 1.66. The van der Waals surface area contributed by atoms with E-state index >= 15 is 0 Å². The van der Waals surface area contributed by atoms with E-state index in [0.29, 0.717) is 34.2 Å². The van der Waals surface area contributed by atoms with E-state index in [-0.39, 0.29) is 11.8 Å². The SMILES string of the molecule is CC[C@H](COC)NC(=O)Oc1c[nH]c2ncc(-c3nn(C)c4cc(Cl)ccc34)nc12. The predicted octanol–water partition coefficient (Wildman–Crippen LogP) is 3.68. The van der Waals surface area contributed by atoms with E-state index in [4.69, 9.17) is 21.1 Å². The van der Waals surface area contributed by atoms with Gasteiger partial charge in [0.05, 0.1) is 24.4 Å². The highest BCUT2D eigenvalue weighted by Crippen LogP contribution is 2.30. The van der Waals surface area contributed by atoms with Crippen LogP contribution in [0.25, 0.3) is 33.5 Å². The fourth-order valence-corrected chi connectivity index (χ4v) is 3.41. The lowest BCUT2D eigenvalue weighted by atomic mass is 10.2. The maximum absolute atomic E-state index is 12.3. The summed E-state index contributed by atoms with van der Waals surface area (Å²) in [6.07, 6.45) is 3.33. The summed E-state index contributed by atoms with van der Waals surface area (Å²) in [5.41, 5.74) is 3.06. The zero-order chi connectivity index (χ0) is 21.3. The number of fused-ring (bicyclic) bond motifs is 2. The molecule has 0 fully saturated rings. The number of aromatic nitrogens is 5. The molecule has 0 bridgehead atoms. The van der Waals surface area contributed by atoms with Crippen LogP contribution >= 0.6 is 11.6 Å². The van der Waals surface area contributed by atoms with Crippen LogP contribution in [0.5, 0.6) is 5.75 Å². The average Bonchev–Trinajstić information content (AvgIpc) is 3.28. The quantitative estimate of drug-likeness (QED) is 0.485. The first kappa shape index (κ1) is 20.1. The number of nitrogens with one attached hydrogen (secondary N) is 2. The van der Waals surface area contributed by atoms with E-state index in [1.165, 1.54) is 0 Å². The van der Waals surface area contributed by atoms with Gasteiger partial charge in [0.1, 0.15) is 11.4 Å². The van der Waals surface area contributed by atoms with Crippen molar-refractivity contribution in [3.63, 3.8) is 0 Å². The van der Waals surface area contributed by atoms with Crippen LogP contribution in [-0.4, -0.2) is 50.6 Å². The fraction of sp³-hybridized carbons (Fsp3) is 0.300. The first-order chi connectivity index (χ1) is 14.5. The van der Waals surface area contributed by atoms with E-state index in [0.717, 1.165) is 17.3 Å². The van der Waals surface area contributed by atoms with Crippen LogP contribution in [0, 0.1) is 0 Å². The molecule has 1 amide bonds. The van der Waals surface area contributed by atoms with Gasteiger partial charge in [-0.25, -0.2) is 14.8 Å². The first-order valence-electron chi connectivity index (χ1n) is 9.44. The Bertz CT molecular complexity index is 1220. The molecule has 4 aromatic rings. The van der Waals surface area contributed by atoms with E-state index in [1.807, 2.05) is 26.1 Å². The smallest absolute Gasteiger partial charge is 0.406 e. The number of aromatic amines is 1. The van der Waals surface area contributed by atoms with Gasteiger partial charge in [0, 0.05) is 30.8 Å². The molecule has 0 aliphatic rings. The molecule has 3 aromatic heterocycles. The number of H-pyrrole nitrogens is 1. The van der Waals surface area contributed by atoms with Crippen LogP contribution in [0.2, 0.25) is 5.02 Å². The number of carbonyl (C=O) groups is 1. The number of nitrogens with zero attached hydrogens (tertiary/aromatic N) is 4. The zero-order valence-electron chi connectivity index (χ0n) is 16.8. The van der Waals surface area contributed by atoms with Crippen molar-refractivity contribution < 1.29 is 14.3 Å². The maximum atomic E-state index is 12.3. The van der Waals surface area contributed by atoms with E-state index in [1.54, 1.807) is 30.3 Å². The molecule has 9 nitrogen and oxygen atoms in total. The van der Waals surface area contributed by atoms with Gasteiger partial charge in [0.2, 0.25) is 0 Å². The summed E-state index contributed by atoms with van der Waals surface area (Å²) in [6.45, 7) is 2.36. The Kier molecular flexibility index (Phi) is 5.56. The number of methoxy groups -OCH3 is 1. The van der Waals surface area contributed by atoms with E-state index in [2.05, 4.69) is 25.4 Å². The number of halogens is 1. The highest BCUT2D eigenvalue weighted by Gasteiger charge is 2.18. The molecule has 30 heavy (non-hydrogen) atoms. The van der Waals surface area contributed by atoms with Gasteiger partial charge in [0.15, 0.2) is 16.9 Å².